The number of nitrogens with one attached hydrogen (secondary N) is 2. The molecule has 1 amide bonds. The van der Waals surface area contributed by atoms with Gasteiger partial charge in [0.15, 0.2) is 5.82 Å². The molecule has 1 heterocycles. The Balaban J connectivity index is 2.63. The summed E-state index contributed by atoms with van der Waals surface area (Å²) in [5.41, 5.74) is 5.28. The van der Waals surface area contributed by atoms with Gasteiger partial charge in [-0.25, -0.2) is 4.79 Å². The summed E-state index contributed by atoms with van der Waals surface area (Å²) in [6.07, 6.45) is 0. The van der Waals surface area contributed by atoms with Gasteiger partial charge in [0.05, 0.1) is 13.2 Å². The molecule has 0 saturated heterocycles. The van der Waals surface area contributed by atoms with Crippen molar-refractivity contribution < 1.29 is 14.3 Å². The zero-order chi connectivity index (χ0) is 11.3. The summed E-state index contributed by atoms with van der Waals surface area (Å²) in [4.78, 5) is 22.1. The number of carbonyl (C=O) groups excluding carboxylic acids is 2. The Morgan fingerprint density at radius 2 is 2.40 bits per heavy atom. The molecule has 7 nitrogen and oxygen atoms in total. The largest absolute Gasteiger partial charge is 0.461 e. The van der Waals surface area contributed by atoms with E-state index in [9.17, 15) is 9.59 Å². The molecule has 0 radical (unpaired) electrons. The molecule has 0 bridgehead atoms. The van der Waals surface area contributed by atoms with Crippen LogP contribution < -0.4 is 11.1 Å². The summed E-state index contributed by atoms with van der Waals surface area (Å²) < 4.78 is 4.72. The number of anilines is 1. The lowest BCUT2D eigenvalue weighted by molar-refractivity contribution is -0.114. The van der Waals surface area contributed by atoms with Crippen molar-refractivity contribution in [1.82, 2.24) is 10.2 Å². The van der Waals surface area contributed by atoms with Crippen LogP contribution in [0.3, 0.4) is 0 Å². The van der Waals surface area contributed by atoms with Crippen molar-refractivity contribution in [3.05, 3.63) is 11.8 Å². The fourth-order valence-corrected chi connectivity index (χ4v) is 0.893. The van der Waals surface area contributed by atoms with Crippen LogP contribution in [0.1, 0.15) is 17.4 Å². The minimum atomic E-state index is -0.516. The zero-order valence-electron chi connectivity index (χ0n) is 8.24. The summed E-state index contributed by atoms with van der Waals surface area (Å²) in [5.74, 6) is -0.649. The van der Waals surface area contributed by atoms with E-state index >= 15 is 0 Å². The molecule has 0 fully saturated rings. The van der Waals surface area contributed by atoms with E-state index in [1.54, 1.807) is 6.92 Å². The van der Waals surface area contributed by atoms with Crippen molar-refractivity contribution in [3.8, 4) is 0 Å². The first-order valence-corrected chi connectivity index (χ1v) is 4.39. The second-order valence-electron chi connectivity index (χ2n) is 2.64. The molecule has 1 rings (SSSR count). The molecule has 7 heteroatoms. The fraction of sp³-hybridized carbons (Fsp3) is 0.375. The van der Waals surface area contributed by atoms with Gasteiger partial charge in [0.25, 0.3) is 0 Å². The minimum absolute atomic E-state index is 0.137. The number of esters is 1. The third-order valence-electron chi connectivity index (χ3n) is 1.53. The van der Waals surface area contributed by atoms with Gasteiger partial charge < -0.3 is 15.8 Å². The Morgan fingerprint density at radius 1 is 1.67 bits per heavy atom. The number of hydrogen-bond donors (Lipinski definition) is 3. The third-order valence-corrected chi connectivity index (χ3v) is 1.53. The van der Waals surface area contributed by atoms with Crippen molar-refractivity contribution in [2.24, 2.45) is 5.73 Å². The van der Waals surface area contributed by atoms with E-state index < -0.39 is 5.97 Å². The maximum atomic E-state index is 11.2. The highest BCUT2D eigenvalue weighted by Crippen LogP contribution is 2.06. The van der Waals surface area contributed by atoms with Crippen LogP contribution in [-0.2, 0) is 9.53 Å². The Kier molecular flexibility index (Phi) is 3.81. The number of amides is 1. The van der Waals surface area contributed by atoms with Gasteiger partial charge in [-0.05, 0) is 6.92 Å². The lowest BCUT2D eigenvalue weighted by Crippen LogP contribution is -2.21. The Bertz CT molecular complexity index is 361. The molecule has 82 valence electrons. The van der Waals surface area contributed by atoms with Crippen LogP contribution in [0.2, 0.25) is 0 Å². The first-order valence-electron chi connectivity index (χ1n) is 4.39. The number of hydrogen-bond acceptors (Lipinski definition) is 5. The monoisotopic (exact) mass is 212 g/mol. The van der Waals surface area contributed by atoms with Crippen LogP contribution in [0.25, 0.3) is 0 Å². The molecule has 0 saturated carbocycles. The second-order valence-corrected chi connectivity index (χ2v) is 2.64. The van der Waals surface area contributed by atoms with Crippen LogP contribution in [0.5, 0.6) is 0 Å². The molecule has 15 heavy (non-hydrogen) atoms. The Morgan fingerprint density at radius 3 is 3.00 bits per heavy atom. The number of H-pyrrole nitrogens is 1. The number of rotatable bonds is 4. The maximum Gasteiger partial charge on any atom is 0.356 e. The normalized spacial score (nSPS) is 9.73. The summed E-state index contributed by atoms with van der Waals surface area (Å²) in [6.45, 7) is 1.84. The summed E-state index contributed by atoms with van der Waals surface area (Å²) in [5, 5.41) is 8.53. The van der Waals surface area contributed by atoms with Gasteiger partial charge in [-0.2, -0.15) is 5.10 Å². The van der Waals surface area contributed by atoms with Crippen molar-refractivity contribution >= 4 is 17.7 Å². The molecule has 1 aromatic rings. The number of nitrogens with zero attached hydrogens (tertiary/aromatic N) is 1. The first-order chi connectivity index (χ1) is 7.17. The van der Waals surface area contributed by atoms with Gasteiger partial charge in [-0.3, -0.25) is 9.89 Å². The summed E-state index contributed by atoms with van der Waals surface area (Å²) in [7, 11) is 0. The third kappa shape index (κ3) is 3.06. The van der Waals surface area contributed by atoms with Gasteiger partial charge in [-0.15, -0.1) is 0 Å². The molecule has 1 aromatic heterocycles. The quantitative estimate of drug-likeness (QED) is 0.582. The SMILES string of the molecule is CCOC(=O)c1cc(NC(=O)CN)n[nH]1. The van der Waals surface area contributed by atoms with E-state index in [0.29, 0.717) is 0 Å². The van der Waals surface area contributed by atoms with E-state index in [1.165, 1.54) is 6.07 Å². The standard InChI is InChI=1S/C8H12N4O3/c1-2-15-8(14)5-3-6(12-11-5)10-7(13)4-9/h3H,2,4,9H2,1H3,(H2,10,11,12,13). The second kappa shape index (κ2) is 5.11. The van der Waals surface area contributed by atoms with Crippen molar-refractivity contribution in [3.63, 3.8) is 0 Å². The molecule has 0 atom stereocenters. The van der Waals surface area contributed by atoms with Gasteiger partial charge in [0.1, 0.15) is 5.69 Å². The molecule has 0 spiro atoms. The molecular weight excluding hydrogens is 200 g/mol. The highest BCUT2D eigenvalue weighted by Gasteiger charge is 2.11. The first kappa shape index (κ1) is 11.2. The number of nitrogens with two attached hydrogens (primary N) is 1. The number of aromatic nitrogens is 2. The van der Waals surface area contributed by atoms with Crippen LogP contribution in [0.15, 0.2) is 6.07 Å². The van der Waals surface area contributed by atoms with E-state index in [4.69, 9.17) is 10.5 Å². The van der Waals surface area contributed by atoms with Gasteiger partial charge in [0.2, 0.25) is 5.91 Å². The van der Waals surface area contributed by atoms with Crippen LogP contribution in [0, 0.1) is 0 Å². The average Bonchev–Trinajstić information content (AvgIpc) is 2.66. The number of aromatic amines is 1. The molecule has 0 aliphatic rings. The van der Waals surface area contributed by atoms with Crippen LogP contribution in [-0.4, -0.2) is 35.2 Å². The van der Waals surface area contributed by atoms with Crippen molar-refractivity contribution in [1.29, 1.82) is 0 Å². The lowest BCUT2D eigenvalue weighted by Gasteiger charge is -1.96. The highest BCUT2D eigenvalue weighted by atomic mass is 16.5. The lowest BCUT2D eigenvalue weighted by atomic mass is 10.4. The average molecular weight is 212 g/mol. The van der Waals surface area contributed by atoms with Crippen molar-refractivity contribution in [2.75, 3.05) is 18.5 Å². The number of carbonyl (C=O) groups is 2. The van der Waals surface area contributed by atoms with Crippen molar-refractivity contribution in [2.45, 2.75) is 6.92 Å². The van der Waals surface area contributed by atoms with Gasteiger partial charge in [-0.1, -0.05) is 0 Å². The summed E-state index contributed by atoms with van der Waals surface area (Å²) in [6, 6.07) is 1.38. The Hall–Kier alpha value is -1.89. The summed E-state index contributed by atoms with van der Waals surface area (Å²) >= 11 is 0. The molecule has 0 aliphatic carbocycles. The fourth-order valence-electron chi connectivity index (χ4n) is 0.893. The van der Waals surface area contributed by atoms with Gasteiger partial charge >= 0.3 is 5.97 Å². The molecule has 0 aromatic carbocycles. The highest BCUT2D eigenvalue weighted by molar-refractivity contribution is 5.93. The number of ether oxygens (including phenoxy) is 1. The predicted molar refractivity (Wildman–Crippen MR) is 52.2 cm³/mol. The van der Waals surface area contributed by atoms with Gasteiger partial charge in [0, 0.05) is 6.07 Å². The smallest absolute Gasteiger partial charge is 0.356 e. The topological polar surface area (TPSA) is 110 Å². The van der Waals surface area contributed by atoms with Crippen LogP contribution in [0.4, 0.5) is 5.82 Å². The van der Waals surface area contributed by atoms with E-state index in [1.807, 2.05) is 0 Å². The minimum Gasteiger partial charge on any atom is -0.461 e. The Labute approximate surface area is 86.0 Å². The molecule has 4 N–H and O–H groups in total. The van der Waals surface area contributed by atoms with Crippen LogP contribution >= 0.6 is 0 Å². The van der Waals surface area contributed by atoms with E-state index in [-0.39, 0.29) is 30.6 Å². The molecule has 0 aliphatic heterocycles. The van der Waals surface area contributed by atoms with E-state index in [2.05, 4.69) is 15.5 Å². The van der Waals surface area contributed by atoms with E-state index in [0.717, 1.165) is 0 Å². The molecular formula is C8H12N4O3. The molecule has 0 unspecified atom stereocenters. The maximum absolute atomic E-state index is 11.2. The zero-order valence-corrected chi connectivity index (χ0v) is 8.24. The predicted octanol–water partition coefficient (Wildman–Crippen LogP) is -0.516.